The molecule has 0 N–H and O–H groups in total. The van der Waals surface area contributed by atoms with Gasteiger partial charge < -0.3 is 4.74 Å². The number of nitrogens with zero attached hydrogens (tertiary/aromatic N) is 3. The van der Waals surface area contributed by atoms with Crippen LogP contribution < -0.4 is 0 Å². The molecule has 0 amide bonds. The summed E-state index contributed by atoms with van der Waals surface area (Å²) in [5.41, 5.74) is 2.77. The molecule has 4 nitrogen and oxygen atoms in total. The summed E-state index contributed by atoms with van der Waals surface area (Å²) < 4.78 is 5.15. The first-order valence-electron chi connectivity index (χ1n) is 5.89. The predicted molar refractivity (Wildman–Crippen MR) is 72.7 cm³/mol. The monoisotopic (exact) mass is 263 g/mol. The van der Waals surface area contributed by atoms with Crippen LogP contribution in [-0.4, -0.2) is 22.1 Å². The van der Waals surface area contributed by atoms with E-state index < -0.39 is 0 Å². The van der Waals surface area contributed by atoms with E-state index in [0.29, 0.717) is 18.3 Å². The fourth-order valence-corrected chi connectivity index (χ4v) is 2.21. The Morgan fingerprint density at radius 2 is 2.06 bits per heavy atom. The van der Waals surface area contributed by atoms with E-state index in [1.165, 1.54) is 0 Å². The fraction of sp³-hybridized carbons (Fsp3) is 0.462. The van der Waals surface area contributed by atoms with E-state index in [0.717, 1.165) is 22.1 Å². The van der Waals surface area contributed by atoms with Gasteiger partial charge in [0.05, 0.1) is 17.3 Å². The van der Waals surface area contributed by atoms with Gasteiger partial charge >= 0.3 is 0 Å². The summed E-state index contributed by atoms with van der Waals surface area (Å²) in [5.74, 6) is 1.06. The van der Waals surface area contributed by atoms with Gasteiger partial charge in [-0.1, -0.05) is 13.8 Å². The highest BCUT2D eigenvalue weighted by atomic mass is 32.1. The van der Waals surface area contributed by atoms with Crippen molar-refractivity contribution in [3.63, 3.8) is 0 Å². The van der Waals surface area contributed by atoms with Gasteiger partial charge in [-0.25, -0.2) is 15.0 Å². The molecule has 2 heterocycles. The third-order valence-corrected chi connectivity index (χ3v) is 3.30. The Morgan fingerprint density at radius 1 is 1.28 bits per heavy atom. The second kappa shape index (κ2) is 5.54. The number of rotatable bonds is 4. The van der Waals surface area contributed by atoms with Gasteiger partial charge in [-0.3, -0.25) is 0 Å². The zero-order chi connectivity index (χ0) is 13.1. The zero-order valence-corrected chi connectivity index (χ0v) is 11.9. The lowest BCUT2D eigenvalue weighted by Gasteiger charge is -2.08. The number of ether oxygens (including phenoxy) is 1. The number of thiazole rings is 1. The molecule has 0 aromatic carbocycles. The highest BCUT2D eigenvalue weighted by Gasteiger charge is 2.11. The van der Waals surface area contributed by atoms with E-state index in [9.17, 15) is 0 Å². The van der Waals surface area contributed by atoms with E-state index in [2.05, 4.69) is 28.8 Å². The molecule has 0 aliphatic rings. The van der Waals surface area contributed by atoms with Crippen molar-refractivity contribution in [2.75, 3.05) is 7.11 Å². The molecule has 96 valence electrons. The molecule has 18 heavy (non-hydrogen) atoms. The molecule has 0 spiro atoms. The predicted octanol–water partition coefficient (Wildman–Crippen LogP) is 3.18. The van der Waals surface area contributed by atoms with E-state index >= 15 is 0 Å². The van der Waals surface area contributed by atoms with Crippen molar-refractivity contribution in [1.82, 2.24) is 15.0 Å². The zero-order valence-electron chi connectivity index (χ0n) is 11.1. The van der Waals surface area contributed by atoms with Crippen LogP contribution >= 0.6 is 11.3 Å². The van der Waals surface area contributed by atoms with Crippen molar-refractivity contribution in [3.8, 4) is 11.5 Å². The van der Waals surface area contributed by atoms with Gasteiger partial charge in [-0.2, -0.15) is 0 Å². The van der Waals surface area contributed by atoms with Crippen LogP contribution in [0, 0.1) is 6.92 Å². The summed E-state index contributed by atoms with van der Waals surface area (Å²) in [6.45, 7) is 6.72. The minimum atomic E-state index is 0.363. The molecule has 0 radical (unpaired) electrons. The van der Waals surface area contributed by atoms with Crippen molar-refractivity contribution in [3.05, 3.63) is 27.8 Å². The van der Waals surface area contributed by atoms with Crippen molar-refractivity contribution >= 4 is 11.3 Å². The molecule has 0 unspecified atom stereocenters. The molecule has 2 aromatic heterocycles. The van der Waals surface area contributed by atoms with Crippen molar-refractivity contribution < 1.29 is 4.74 Å². The summed E-state index contributed by atoms with van der Waals surface area (Å²) in [6, 6.07) is 2.00. The second-order valence-electron chi connectivity index (χ2n) is 4.45. The maximum Gasteiger partial charge on any atom is 0.179 e. The van der Waals surface area contributed by atoms with E-state index in [-0.39, 0.29) is 0 Å². The summed E-state index contributed by atoms with van der Waals surface area (Å²) in [6.07, 6.45) is 0. The Hall–Kier alpha value is -1.33. The average molecular weight is 263 g/mol. The molecule has 0 fully saturated rings. The van der Waals surface area contributed by atoms with Crippen LogP contribution in [0.4, 0.5) is 0 Å². The first-order chi connectivity index (χ1) is 8.60. The lowest BCUT2D eigenvalue weighted by Crippen LogP contribution is -2.03. The van der Waals surface area contributed by atoms with Crippen molar-refractivity contribution in [2.45, 2.75) is 33.3 Å². The van der Waals surface area contributed by atoms with Crippen LogP contribution in [0.2, 0.25) is 0 Å². The number of aryl methyl sites for hydroxylation is 1. The van der Waals surface area contributed by atoms with Crippen LogP contribution in [0.15, 0.2) is 11.4 Å². The molecule has 0 bridgehead atoms. The Balaban J connectivity index is 2.45. The van der Waals surface area contributed by atoms with E-state index in [4.69, 9.17) is 4.74 Å². The molecule has 0 atom stereocenters. The average Bonchev–Trinajstić information content (AvgIpc) is 2.76. The quantitative estimate of drug-likeness (QED) is 0.850. The van der Waals surface area contributed by atoms with E-state index in [1.807, 2.05) is 18.4 Å². The number of methoxy groups -OCH3 is 1. The first-order valence-corrected chi connectivity index (χ1v) is 6.77. The van der Waals surface area contributed by atoms with Gasteiger partial charge in [-0.15, -0.1) is 11.3 Å². The largest absolute Gasteiger partial charge is 0.378 e. The topological polar surface area (TPSA) is 47.9 Å². The number of hydrogen-bond donors (Lipinski definition) is 0. The maximum absolute atomic E-state index is 5.15. The van der Waals surface area contributed by atoms with Gasteiger partial charge in [-0.05, 0) is 18.9 Å². The first kappa shape index (κ1) is 13.1. The Kier molecular flexibility index (Phi) is 4.04. The number of hydrogen-bond acceptors (Lipinski definition) is 5. The minimum absolute atomic E-state index is 0.363. The Morgan fingerprint density at radius 3 is 2.61 bits per heavy atom. The van der Waals surface area contributed by atoms with Crippen molar-refractivity contribution in [2.24, 2.45) is 0 Å². The summed E-state index contributed by atoms with van der Waals surface area (Å²) in [4.78, 5) is 13.5. The molecule has 0 aliphatic carbocycles. The molecule has 0 saturated carbocycles. The maximum atomic E-state index is 5.15. The molecular formula is C13H17N3OS. The lowest BCUT2D eigenvalue weighted by molar-refractivity contribution is 0.181. The molecule has 0 aliphatic heterocycles. The van der Waals surface area contributed by atoms with Crippen molar-refractivity contribution in [1.29, 1.82) is 0 Å². The van der Waals surface area contributed by atoms with Gasteiger partial charge in [0, 0.05) is 18.2 Å². The smallest absolute Gasteiger partial charge is 0.179 e. The normalized spacial score (nSPS) is 11.2. The SMILES string of the molecule is COCc1cc(C(C)C)nc(-c2csc(C)n2)n1. The Bertz CT molecular complexity index is 537. The fourth-order valence-electron chi connectivity index (χ4n) is 1.62. The summed E-state index contributed by atoms with van der Waals surface area (Å²) in [7, 11) is 1.67. The third kappa shape index (κ3) is 2.91. The van der Waals surface area contributed by atoms with Gasteiger partial charge in [0.25, 0.3) is 0 Å². The highest BCUT2D eigenvalue weighted by molar-refractivity contribution is 7.09. The van der Waals surface area contributed by atoms with Gasteiger partial charge in [0.15, 0.2) is 5.82 Å². The molecule has 2 aromatic rings. The van der Waals surface area contributed by atoms with Crippen LogP contribution in [-0.2, 0) is 11.3 Å². The van der Waals surface area contributed by atoms with Crippen LogP contribution in [0.1, 0.15) is 36.2 Å². The second-order valence-corrected chi connectivity index (χ2v) is 5.51. The van der Waals surface area contributed by atoms with Crippen LogP contribution in [0.25, 0.3) is 11.5 Å². The van der Waals surface area contributed by atoms with Crippen LogP contribution in [0.5, 0.6) is 0 Å². The standard InChI is InChI=1S/C13H17N3OS/c1-8(2)11-5-10(6-17-4)15-13(16-11)12-7-18-9(3)14-12/h5,7-8H,6H2,1-4H3. The molecular weight excluding hydrogens is 246 g/mol. The van der Waals surface area contributed by atoms with Gasteiger partial charge in [0.2, 0.25) is 0 Å². The minimum Gasteiger partial charge on any atom is -0.378 e. The van der Waals surface area contributed by atoms with E-state index in [1.54, 1.807) is 18.4 Å². The Labute approximate surface area is 111 Å². The molecule has 5 heteroatoms. The molecule has 2 rings (SSSR count). The summed E-state index contributed by atoms with van der Waals surface area (Å²) >= 11 is 1.61. The summed E-state index contributed by atoms with van der Waals surface area (Å²) in [5, 5.41) is 3.02. The molecule has 0 saturated heterocycles. The van der Waals surface area contributed by atoms with Crippen LogP contribution in [0.3, 0.4) is 0 Å². The third-order valence-electron chi connectivity index (χ3n) is 2.53. The van der Waals surface area contributed by atoms with Gasteiger partial charge in [0.1, 0.15) is 5.69 Å². The number of aromatic nitrogens is 3. The highest BCUT2D eigenvalue weighted by Crippen LogP contribution is 2.21. The lowest BCUT2D eigenvalue weighted by atomic mass is 10.1.